The monoisotopic (exact) mass is 156 g/mol. The highest BCUT2D eigenvalue weighted by Crippen LogP contribution is 1.86. The normalized spacial score (nSPS) is 9.27. The van der Waals surface area contributed by atoms with Crippen molar-refractivity contribution in [3.63, 3.8) is 0 Å². The van der Waals surface area contributed by atoms with Crippen LogP contribution in [0.2, 0.25) is 0 Å². The maximum atomic E-state index is 10.3. The molecule has 64 valence electrons. The van der Waals surface area contributed by atoms with Crippen LogP contribution in [0.15, 0.2) is 16.9 Å². The van der Waals surface area contributed by atoms with Crippen LogP contribution in [0.1, 0.15) is 27.7 Å². The number of nitrogens with one attached hydrogen (secondary N) is 1. The number of amides is 1. The van der Waals surface area contributed by atoms with E-state index in [9.17, 15) is 4.79 Å². The maximum Gasteiger partial charge on any atom is 0.222 e. The largest absolute Gasteiger partial charge is 0.311 e. The van der Waals surface area contributed by atoms with Gasteiger partial charge in [0.2, 0.25) is 5.91 Å². The van der Waals surface area contributed by atoms with Gasteiger partial charge in [-0.3, -0.25) is 4.79 Å². The van der Waals surface area contributed by atoms with Crippen LogP contribution in [0.4, 0.5) is 0 Å². The fourth-order valence-corrected chi connectivity index (χ4v) is 0.383. The average Bonchev–Trinajstić information content (AvgIpc) is 2.03. The summed E-state index contributed by atoms with van der Waals surface area (Å²) in [5, 5.41) is 2.47. The third kappa shape index (κ3) is 8.88. The summed E-state index contributed by atoms with van der Waals surface area (Å²) in [6.45, 7) is 10.5. The molecule has 0 atom stereocenters. The van der Waals surface area contributed by atoms with E-state index in [0.29, 0.717) is 5.82 Å². The van der Waals surface area contributed by atoms with E-state index in [1.165, 1.54) is 6.92 Å². The SMILES string of the molecule is C=N/C(=C\C)NC(C)=O.CC. The molecule has 0 saturated heterocycles. The molecule has 1 N–H and O–H groups in total. The zero-order valence-electron chi connectivity index (χ0n) is 7.64. The highest BCUT2D eigenvalue weighted by molar-refractivity contribution is 5.74. The lowest BCUT2D eigenvalue weighted by atomic mass is 10.5. The van der Waals surface area contributed by atoms with Gasteiger partial charge >= 0.3 is 0 Å². The first kappa shape index (κ1) is 12.5. The van der Waals surface area contributed by atoms with Gasteiger partial charge in [-0.1, -0.05) is 13.8 Å². The van der Waals surface area contributed by atoms with Crippen LogP contribution in [0.25, 0.3) is 0 Å². The van der Waals surface area contributed by atoms with Gasteiger partial charge in [-0.25, -0.2) is 4.99 Å². The summed E-state index contributed by atoms with van der Waals surface area (Å²) in [5.74, 6) is 0.373. The zero-order valence-corrected chi connectivity index (χ0v) is 7.64. The first-order chi connectivity index (χ1) is 5.20. The van der Waals surface area contributed by atoms with Crippen molar-refractivity contribution >= 4 is 12.6 Å². The Morgan fingerprint density at radius 2 is 2.00 bits per heavy atom. The number of allylic oxidation sites excluding steroid dienone is 1. The van der Waals surface area contributed by atoms with Crippen molar-refractivity contribution in [2.75, 3.05) is 0 Å². The van der Waals surface area contributed by atoms with Crippen LogP contribution in [-0.2, 0) is 4.79 Å². The number of hydrogen-bond donors (Lipinski definition) is 1. The standard InChI is InChI=1S/C6H10N2O.C2H6/c1-4-6(7-3)8-5(2)9;1-2/h4H,3H2,1-2H3,(H,8,9);1-2H3/b6-4+;. The molecule has 0 aromatic carbocycles. The second-order valence-corrected chi connectivity index (χ2v) is 1.51. The lowest BCUT2D eigenvalue weighted by Crippen LogP contribution is -2.17. The van der Waals surface area contributed by atoms with Crippen LogP contribution in [0.5, 0.6) is 0 Å². The van der Waals surface area contributed by atoms with Gasteiger partial charge in [0, 0.05) is 6.92 Å². The van der Waals surface area contributed by atoms with Crippen LogP contribution in [0.3, 0.4) is 0 Å². The molecular formula is C8H16N2O. The predicted molar refractivity (Wildman–Crippen MR) is 48.5 cm³/mol. The van der Waals surface area contributed by atoms with Crippen LogP contribution in [0, 0.1) is 0 Å². The smallest absolute Gasteiger partial charge is 0.222 e. The average molecular weight is 156 g/mol. The van der Waals surface area contributed by atoms with E-state index in [1.807, 2.05) is 13.8 Å². The molecule has 0 aliphatic rings. The molecule has 0 radical (unpaired) electrons. The minimum Gasteiger partial charge on any atom is -0.311 e. The number of nitrogens with zero attached hydrogens (tertiary/aromatic N) is 1. The first-order valence-corrected chi connectivity index (χ1v) is 3.61. The Bertz CT molecular complexity index is 150. The van der Waals surface area contributed by atoms with E-state index in [4.69, 9.17) is 0 Å². The maximum absolute atomic E-state index is 10.3. The molecular weight excluding hydrogens is 140 g/mol. The van der Waals surface area contributed by atoms with Crippen LogP contribution < -0.4 is 5.32 Å². The Morgan fingerprint density at radius 1 is 1.55 bits per heavy atom. The molecule has 0 aliphatic carbocycles. The lowest BCUT2D eigenvalue weighted by Gasteiger charge is -1.97. The first-order valence-electron chi connectivity index (χ1n) is 3.61. The number of aliphatic imine (C=N–C) groups is 1. The minimum absolute atomic E-state index is 0.129. The fraction of sp³-hybridized carbons (Fsp3) is 0.500. The van der Waals surface area contributed by atoms with Gasteiger partial charge in [-0.05, 0) is 19.7 Å². The topological polar surface area (TPSA) is 41.5 Å². The fourth-order valence-electron chi connectivity index (χ4n) is 0.383. The van der Waals surface area contributed by atoms with E-state index >= 15 is 0 Å². The van der Waals surface area contributed by atoms with Crippen molar-refractivity contribution in [2.24, 2.45) is 4.99 Å². The van der Waals surface area contributed by atoms with E-state index in [0.717, 1.165) is 0 Å². The molecule has 11 heavy (non-hydrogen) atoms. The third-order valence-corrected chi connectivity index (χ3v) is 0.748. The molecule has 0 aliphatic heterocycles. The third-order valence-electron chi connectivity index (χ3n) is 0.748. The van der Waals surface area contributed by atoms with Gasteiger partial charge in [-0.2, -0.15) is 0 Å². The molecule has 0 unspecified atom stereocenters. The Hall–Kier alpha value is -1.12. The van der Waals surface area contributed by atoms with E-state index in [1.54, 1.807) is 13.0 Å². The lowest BCUT2D eigenvalue weighted by molar-refractivity contribution is -0.118. The molecule has 0 rings (SSSR count). The minimum atomic E-state index is -0.129. The second-order valence-electron chi connectivity index (χ2n) is 1.51. The Balaban J connectivity index is 0. The van der Waals surface area contributed by atoms with E-state index in [2.05, 4.69) is 17.0 Å². The van der Waals surface area contributed by atoms with Crippen molar-refractivity contribution in [1.82, 2.24) is 5.32 Å². The van der Waals surface area contributed by atoms with Crippen molar-refractivity contribution in [1.29, 1.82) is 0 Å². The molecule has 0 fully saturated rings. The van der Waals surface area contributed by atoms with Crippen LogP contribution >= 0.6 is 0 Å². The van der Waals surface area contributed by atoms with Gasteiger partial charge in [0.15, 0.2) is 0 Å². The summed E-state index contributed by atoms with van der Waals surface area (Å²) >= 11 is 0. The quantitative estimate of drug-likeness (QED) is 0.607. The molecule has 1 amide bonds. The zero-order chi connectivity index (χ0) is 9.28. The second kappa shape index (κ2) is 8.88. The Morgan fingerprint density at radius 3 is 2.09 bits per heavy atom. The predicted octanol–water partition coefficient (Wildman–Crippen LogP) is 1.71. The molecule has 0 aromatic rings. The summed E-state index contributed by atoms with van der Waals surface area (Å²) in [5.41, 5.74) is 0. The highest BCUT2D eigenvalue weighted by Gasteiger charge is 1.90. The van der Waals surface area contributed by atoms with Gasteiger partial charge in [-0.15, -0.1) is 0 Å². The van der Waals surface area contributed by atoms with Crippen molar-refractivity contribution in [3.05, 3.63) is 11.9 Å². The van der Waals surface area contributed by atoms with Crippen molar-refractivity contribution < 1.29 is 4.79 Å². The molecule has 0 bridgehead atoms. The van der Waals surface area contributed by atoms with E-state index in [-0.39, 0.29) is 5.91 Å². The highest BCUT2D eigenvalue weighted by atomic mass is 16.1. The summed E-state index contributed by atoms with van der Waals surface area (Å²) in [7, 11) is 0. The van der Waals surface area contributed by atoms with E-state index < -0.39 is 0 Å². The van der Waals surface area contributed by atoms with Crippen molar-refractivity contribution in [2.45, 2.75) is 27.7 Å². The number of carbonyl (C=O) groups is 1. The molecule has 0 aromatic heterocycles. The summed E-state index contributed by atoms with van der Waals surface area (Å²) in [4.78, 5) is 13.9. The number of carbonyl (C=O) groups excluding carboxylic acids is 1. The Kier molecular flexibility index (Phi) is 10.1. The molecule has 0 spiro atoms. The van der Waals surface area contributed by atoms with Crippen LogP contribution in [-0.4, -0.2) is 12.6 Å². The summed E-state index contributed by atoms with van der Waals surface area (Å²) in [6.07, 6.45) is 1.68. The molecule has 0 saturated carbocycles. The number of rotatable bonds is 2. The number of hydrogen-bond acceptors (Lipinski definition) is 2. The molecule has 0 heterocycles. The van der Waals surface area contributed by atoms with Gasteiger partial charge < -0.3 is 5.32 Å². The summed E-state index contributed by atoms with van der Waals surface area (Å²) < 4.78 is 0. The molecule has 3 heteroatoms. The Labute approximate surface area is 68.2 Å². The summed E-state index contributed by atoms with van der Waals surface area (Å²) in [6, 6.07) is 0. The molecule has 3 nitrogen and oxygen atoms in total. The van der Waals surface area contributed by atoms with Gasteiger partial charge in [0.25, 0.3) is 0 Å². The van der Waals surface area contributed by atoms with Gasteiger partial charge in [0.05, 0.1) is 0 Å². The van der Waals surface area contributed by atoms with Crippen molar-refractivity contribution in [3.8, 4) is 0 Å². The van der Waals surface area contributed by atoms with Gasteiger partial charge in [0.1, 0.15) is 5.82 Å².